The summed E-state index contributed by atoms with van der Waals surface area (Å²) in [5, 5.41) is 3.35. The van der Waals surface area contributed by atoms with Gasteiger partial charge in [0.1, 0.15) is 5.69 Å². The van der Waals surface area contributed by atoms with E-state index in [0.717, 1.165) is 6.42 Å². The van der Waals surface area contributed by atoms with E-state index in [4.69, 9.17) is 11.6 Å². The molecule has 0 spiro atoms. The lowest BCUT2D eigenvalue weighted by Gasteiger charge is -2.17. The number of rotatable bonds is 3. The van der Waals surface area contributed by atoms with E-state index in [1.54, 1.807) is 12.1 Å². The molecule has 1 heterocycles. The first-order valence-corrected chi connectivity index (χ1v) is 5.66. The molecule has 1 aromatic heterocycles. The Labute approximate surface area is 101 Å². The minimum Gasteiger partial charge on any atom is -0.351 e. The van der Waals surface area contributed by atoms with Crippen LogP contribution < -0.4 is 5.32 Å². The smallest absolute Gasteiger partial charge is 0.269 e. The fraction of sp³-hybridized carbons (Fsp3) is 0.500. The Bertz CT molecular complexity index is 372. The van der Waals surface area contributed by atoms with Gasteiger partial charge in [0.2, 0.25) is 0 Å². The minimum atomic E-state index is -0.174. The normalized spacial score (nSPS) is 11.2. The van der Waals surface area contributed by atoms with Crippen LogP contribution in [0.3, 0.4) is 0 Å². The first-order valence-electron chi connectivity index (χ1n) is 5.28. The number of pyridine rings is 1. The van der Waals surface area contributed by atoms with Gasteiger partial charge in [-0.15, -0.1) is 0 Å². The lowest BCUT2D eigenvalue weighted by molar-refractivity contribution is 0.0944. The summed E-state index contributed by atoms with van der Waals surface area (Å²) >= 11 is 5.78. The molecule has 0 unspecified atom stereocenters. The number of carbonyl (C=O) groups is 1. The van der Waals surface area contributed by atoms with Crippen molar-refractivity contribution in [3.8, 4) is 0 Å². The standard InChI is InChI=1S/C12H17ClN2O/c1-12(2,3)5-7-15-11(16)10-8-9(13)4-6-14-10/h4,6,8H,5,7H2,1-3H3,(H,15,16). The fourth-order valence-electron chi connectivity index (χ4n) is 1.17. The predicted octanol–water partition coefficient (Wildman–Crippen LogP) is 2.90. The summed E-state index contributed by atoms with van der Waals surface area (Å²) < 4.78 is 0. The van der Waals surface area contributed by atoms with Crippen molar-refractivity contribution >= 4 is 17.5 Å². The molecule has 0 saturated carbocycles. The van der Waals surface area contributed by atoms with E-state index in [9.17, 15) is 4.79 Å². The van der Waals surface area contributed by atoms with Crippen LogP contribution >= 0.6 is 11.6 Å². The van der Waals surface area contributed by atoms with Crippen LogP contribution in [0.25, 0.3) is 0 Å². The molecular formula is C12H17ClN2O. The molecule has 0 radical (unpaired) electrons. The van der Waals surface area contributed by atoms with Gasteiger partial charge in [-0.3, -0.25) is 9.78 Å². The Hall–Kier alpha value is -1.09. The van der Waals surface area contributed by atoms with Gasteiger partial charge in [0.25, 0.3) is 5.91 Å². The Balaban J connectivity index is 2.47. The molecule has 0 saturated heterocycles. The average molecular weight is 241 g/mol. The van der Waals surface area contributed by atoms with Crippen LogP contribution in [0.1, 0.15) is 37.7 Å². The van der Waals surface area contributed by atoms with Gasteiger partial charge < -0.3 is 5.32 Å². The highest BCUT2D eigenvalue weighted by Crippen LogP contribution is 2.17. The topological polar surface area (TPSA) is 42.0 Å². The van der Waals surface area contributed by atoms with Gasteiger partial charge in [-0.2, -0.15) is 0 Å². The number of nitrogens with zero attached hydrogens (tertiary/aromatic N) is 1. The second-order valence-electron chi connectivity index (χ2n) is 4.93. The summed E-state index contributed by atoms with van der Waals surface area (Å²) in [6, 6.07) is 3.21. The minimum absolute atomic E-state index is 0.174. The lowest BCUT2D eigenvalue weighted by Crippen LogP contribution is -2.27. The molecule has 0 aliphatic carbocycles. The molecule has 0 aromatic carbocycles. The molecule has 16 heavy (non-hydrogen) atoms. The molecule has 1 amide bonds. The molecule has 0 atom stereocenters. The molecule has 4 heteroatoms. The van der Waals surface area contributed by atoms with Crippen LogP contribution in [0.15, 0.2) is 18.3 Å². The molecule has 1 N–H and O–H groups in total. The molecular weight excluding hydrogens is 224 g/mol. The molecule has 0 bridgehead atoms. The second-order valence-corrected chi connectivity index (χ2v) is 5.36. The van der Waals surface area contributed by atoms with E-state index in [0.29, 0.717) is 17.3 Å². The van der Waals surface area contributed by atoms with Crippen molar-refractivity contribution in [1.29, 1.82) is 0 Å². The molecule has 0 fully saturated rings. The van der Waals surface area contributed by atoms with Crippen molar-refractivity contribution in [3.05, 3.63) is 29.0 Å². The average Bonchev–Trinajstić information content (AvgIpc) is 2.15. The monoisotopic (exact) mass is 240 g/mol. The highest BCUT2D eigenvalue weighted by atomic mass is 35.5. The maximum absolute atomic E-state index is 11.7. The summed E-state index contributed by atoms with van der Waals surface area (Å²) in [5.41, 5.74) is 0.580. The van der Waals surface area contributed by atoms with Crippen LogP contribution in [0.2, 0.25) is 5.02 Å². The maximum atomic E-state index is 11.7. The first-order chi connectivity index (χ1) is 7.38. The van der Waals surface area contributed by atoms with Crippen LogP contribution in [-0.4, -0.2) is 17.4 Å². The quantitative estimate of drug-likeness (QED) is 0.883. The van der Waals surface area contributed by atoms with E-state index in [1.165, 1.54) is 6.20 Å². The van der Waals surface area contributed by atoms with Gasteiger partial charge in [-0.05, 0) is 24.0 Å². The summed E-state index contributed by atoms with van der Waals surface area (Å²) in [7, 11) is 0. The zero-order valence-corrected chi connectivity index (χ0v) is 10.6. The van der Waals surface area contributed by atoms with E-state index in [2.05, 4.69) is 31.1 Å². The van der Waals surface area contributed by atoms with Gasteiger partial charge in [-0.25, -0.2) is 0 Å². The van der Waals surface area contributed by atoms with E-state index < -0.39 is 0 Å². The van der Waals surface area contributed by atoms with E-state index >= 15 is 0 Å². The number of hydrogen-bond acceptors (Lipinski definition) is 2. The number of carbonyl (C=O) groups excluding carboxylic acids is 1. The molecule has 1 rings (SSSR count). The zero-order valence-electron chi connectivity index (χ0n) is 9.88. The van der Waals surface area contributed by atoms with Crippen LogP contribution in [0.5, 0.6) is 0 Å². The third-order valence-electron chi connectivity index (χ3n) is 2.12. The van der Waals surface area contributed by atoms with Gasteiger partial charge in [0.05, 0.1) is 0 Å². The molecule has 1 aromatic rings. The Morgan fingerprint density at radius 1 is 1.50 bits per heavy atom. The first kappa shape index (κ1) is 13.0. The van der Waals surface area contributed by atoms with E-state index in [1.807, 2.05) is 0 Å². The summed E-state index contributed by atoms with van der Waals surface area (Å²) in [6.45, 7) is 7.06. The summed E-state index contributed by atoms with van der Waals surface area (Å²) in [5.74, 6) is -0.174. The fourth-order valence-corrected chi connectivity index (χ4v) is 1.33. The van der Waals surface area contributed by atoms with Crippen molar-refractivity contribution in [1.82, 2.24) is 10.3 Å². The van der Waals surface area contributed by atoms with Gasteiger partial charge in [0.15, 0.2) is 0 Å². The van der Waals surface area contributed by atoms with Crippen LogP contribution in [0.4, 0.5) is 0 Å². The van der Waals surface area contributed by atoms with Gasteiger partial charge >= 0.3 is 0 Å². The van der Waals surface area contributed by atoms with Crippen LogP contribution in [0, 0.1) is 5.41 Å². The van der Waals surface area contributed by atoms with Gasteiger partial charge in [-0.1, -0.05) is 32.4 Å². The number of hydrogen-bond donors (Lipinski definition) is 1. The Morgan fingerprint density at radius 3 is 2.75 bits per heavy atom. The zero-order chi connectivity index (χ0) is 12.2. The van der Waals surface area contributed by atoms with Crippen molar-refractivity contribution in [3.63, 3.8) is 0 Å². The SMILES string of the molecule is CC(C)(C)CCNC(=O)c1cc(Cl)ccn1. The third kappa shape index (κ3) is 4.62. The number of halogens is 1. The molecule has 0 aliphatic heterocycles. The second kappa shape index (κ2) is 5.30. The van der Waals surface area contributed by atoms with Crippen molar-refractivity contribution in [2.45, 2.75) is 27.2 Å². The highest BCUT2D eigenvalue weighted by molar-refractivity contribution is 6.30. The summed E-state index contributed by atoms with van der Waals surface area (Å²) in [6.07, 6.45) is 2.46. The molecule has 3 nitrogen and oxygen atoms in total. The predicted molar refractivity (Wildman–Crippen MR) is 65.7 cm³/mol. The highest BCUT2D eigenvalue weighted by Gasteiger charge is 2.11. The van der Waals surface area contributed by atoms with Crippen molar-refractivity contribution in [2.75, 3.05) is 6.54 Å². The molecule has 0 aliphatic rings. The number of nitrogens with one attached hydrogen (secondary N) is 1. The maximum Gasteiger partial charge on any atom is 0.269 e. The number of amides is 1. The Kier molecular flexibility index (Phi) is 4.30. The van der Waals surface area contributed by atoms with Crippen LogP contribution in [-0.2, 0) is 0 Å². The van der Waals surface area contributed by atoms with E-state index in [-0.39, 0.29) is 11.3 Å². The lowest BCUT2D eigenvalue weighted by atomic mass is 9.92. The Morgan fingerprint density at radius 2 is 2.19 bits per heavy atom. The summed E-state index contributed by atoms with van der Waals surface area (Å²) in [4.78, 5) is 15.6. The van der Waals surface area contributed by atoms with Crippen molar-refractivity contribution in [2.24, 2.45) is 5.41 Å². The van der Waals surface area contributed by atoms with Gasteiger partial charge in [0, 0.05) is 17.8 Å². The molecule has 88 valence electrons. The van der Waals surface area contributed by atoms with Crippen molar-refractivity contribution < 1.29 is 4.79 Å². The largest absolute Gasteiger partial charge is 0.351 e. The third-order valence-corrected chi connectivity index (χ3v) is 2.35. The number of aromatic nitrogens is 1.